The van der Waals surface area contributed by atoms with E-state index in [0.29, 0.717) is 11.6 Å². The molecule has 0 atom stereocenters. The number of aromatic nitrogens is 2. The molecule has 1 aromatic heterocycles. The molecule has 0 saturated heterocycles. The largest absolute Gasteiger partial charge is 0.423 e. The van der Waals surface area contributed by atoms with E-state index in [0.717, 1.165) is 5.56 Å². The number of hydrogen-bond acceptors (Lipinski definition) is 4. The maximum atomic E-state index is 10.8. The fraction of sp³-hybridized carbons (Fsp3) is 0.100. The molecule has 1 aromatic carbocycles. The van der Waals surface area contributed by atoms with Gasteiger partial charge in [0.1, 0.15) is 0 Å². The molecule has 76 valence electrons. The van der Waals surface area contributed by atoms with E-state index in [1.54, 1.807) is 12.1 Å². The highest BCUT2D eigenvalue weighted by atomic mass is 16.4. The molecule has 0 aliphatic heterocycles. The molecule has 0 fully saturated rings. The van der Waals surface area contributed by atoms with Gasteiger partial charge >= 0.3 is 0 Å². The van der Waals surface area contributed by atoms with Crippen LogP contribution in [0.2, 0.25) is 0 Å². The predicted octanol–water partition coefficient (Wildman–Crippen LogP) is 1.69. The first kappa shape index (κ1) is 9.39. The van der Waals surface area contributed by atoms with E-state index in [1.165, 1.54) is 13.3 Å². The Morgan fingerprint density at radius 2 is 2.33 bits per heavy atom. The maximum absolute atomic E-state index is 10.8. The van der Waals surface area contributed by atoms with Crippen molar-refractivity contribution in [3.05, 3.63) is 30.7 Å². The van der Waals surface area contributed by atoms with Crippen LogP contribution in [0.5, 0.6) is 0 Å². The lowest BCUT2D eigenvalue weighted by atomic mass is 10.2. The minimum absolute atomic E-state index is 0.113. The Bertz CT molecular complexity index is 465. The molecule has 5 heteroatoms. The Kier molecular flexibility index (Phi) is 2.45. The van der Waals surface area contributed by atoms with Crippen molar-refractivity contribution in [2.75, 3.05) is 5.32 Å². The molecular weight excluding hydrogens is 194 g/mol. The monoisotopic (exact) mass is 203 g/mol. The summed E-state index contributed by atoms with van der Waals surface area (Å²) >= 11 is 0. The number of nitrogens with one attached hydrogen (secondary N) is 1. The van der Waals surface area contributed by atoms with E-state index < -0.39 is 0 Å². The summed E-state index contributed by atoms with van der Waals surface area (Å²) in [6.45, 7) is 1.46. The molecular formula is C10H9N3O2. The number of benzene rings is 1. The van der Waals surface area contributed by atoms with Gasteiger partial charge in [0.05, 0.1) is 0 Å². The van der Waals surface area contributed by atoms with Gasteiger partial charge in [0.25, 0.3) is 0 Å². The average Bonchev–Trinajstić information content (AvgIpc) is 2.69. The van der Waals surface area contributed by atoms with Crippen molar-refractivity contribution in [3.63, 3.8) is 0 Å². The molecule has 0 aliphatic rings. The molecule has 15 heavy (non-hydrogen) atoms. The predicted molar refractivity (Wildman–Crippen MR) is 54.0 cm³/mol. The molecule has 0 spiro atoms. The summed E-state index contributed by atoms with van der Waals surface area (Å²) in [5.41, 5.74) is 1.48. The van der Waals surface area contributed by atoms with Gasteiger partial charge in [-0.2, -0.15) is 0 Å². The Labute approximate surface area is 86.1 Å². The molecule has 0 saturated carbocycles. The topological polar surface area (TPSA) is 68.0 Å². The lowest BCUT2D eigenvalue weighted by Crippen LogP contribution is -2.05. The number of nitrogens with zero attached hydrogens (tertiary/aromatic N) is 2. The van der Waals surface area contributed by atoms with Crippen molar-refractivity contribution in [2.24, 2.45) is 0 Å². The van der Waals surface area contributed by atoms with Crippen LogP contribution in [0.3, 0.4) is 0 Å². The molecule has 0 radical (unpaired) electrons. The van der Waals surface area contributed by atoms with Crippen LogP contribution in [0.4, 0.5) is 5.69 Å². The summed E-state index contributed by atoms with van der Waals surface area (Å²) in [5, 5.41) is 10.0. The Hall–Kier alpha value is -2.17. The molecule has 0 aliphatic carbocycles. The van der Waals surface area contributed by atoms with Crippen LogP contribution in [0.1, 0.15) is 6.92 Å². The van der Waals surface area contributed by atoms with Crippen LogP contribution >= 0.6 is 0 Å². The first-order valence-corrected chi connectivity index (χ1v) is 4.40. The number of carbonyl (C=O) groups is 1. The van der Waals surface area contributed by atoms with Gasteiger partial charge in [-0.3, -0.25) is 4.79 Å². The number of anilines is 1. The Morgan fingerprint density at radius 3 is 3.00 bits per heavy atom. The highest BCUT2D eigenvalue weighted by Crippen LogP contribution is 2.19. The number of rotatable bonds is 2. The summed E-state index contributed by atoms with van der Waals surface area (Å²) in [4.78, 5) is 10.8. The van der Waals surface area contributed by atoms with Crippen LogP contribution in [0.15, 0.2) is 35.1 Å². The third-order valence-corrected chi connectivity index (χ3v) is 1.79. The van der Waals surface area contributed by atoms with Crippen molar-refractivity contribution in [2.45, 2.75) is 6.92 Å². The Balaban J connectivity index is 2.31. The van der Waals surface area contributed by atoms with E-state index in [1.807, 2.05) is 12.1 Å². The zero-order chi connectivity index (χ0) is 10.7. The summed E-state index contributed by atoms with van der Waals surface area (Å²) in [5.74, 6) is 0.319. The van der Waals surface area contributed by atoms with Crippen LogP contribution in [-0.2, 0) is 4.79 Å². The summed E-state index contributed by atoms with van der Waals surface area (Å²) < 4.78 is 5.04. The molecule has 0 unspecified atom stereocenters. The fourth-order valence-corrected chi connectivity index (χ4v) is 1.23. The molecule has 2 rings (SSSR count). The van der Waals surface area contributed by atoms with E-state index in [4.69, 9.17) is 4.42 Å². The van der Waals surface area contributed by atoms with Crippen LogP contribution in [0.25, 0.3) is 11.5 Å². The van der Waals surface area contributed by atoms with Gasteiger partial charge in [0, 0.05) is 18.2 Å². The second kappa shape index (κ2) is 3.91. The van der Waals surface area contributed by atoms with E-state index >= 15 is 0 Å². The molecule has 1 heterocycles. The second-order valence-electron chi connectivity index (χ2n) is 3.01. The van der Waals surface area contributed by atoms with E-state index in [9.17, 15) is 4.79 Å². The van der Waals surface area contributed by atoms with Gasteiger partial charge in [-0.1, -0.05) is 6.07 Å². The molecule has 2 aromatic rings. The standard InChI is InChI=1S/C10H9N3O2/c1-7(14)12-9-4-2-3-8(5-9)10-13-11-6-15-10/h2-6H,1H3,(H,12,14). The lowest BCUT2D eigenvalue weighted by molar-refractivity contribution is -0.114. The molecule has 1 amide bonds. The van der Waals surface area contributed by atoms with Crippen LogP contribution in [-0.4, -0.2) is 16.1 Å². The zero-order valence-electron chi connectivity index (χ0n) is 8.10. The van der Waals surface area contributed by atoms with Gasteiger partial charge in [0.2, 0.25) is 18.2 Å². The van der Waals surface area contributed by atoms with Crippen LogP contribution in [0, 0.1) is 0 Å². The Morgan fingerprint density at radius 1 is 1.47 bits per heavy atom. The van der Waals surface area contributed by atoms with Crippen molar-refractivity contribution < 1.29 is 9.21 Å². The summed E-state index contributed by atoms with van der Waals surface area (Å²) in [7, 11) is 0. The van der Waals surface area contributed by atoms with Crippen molar-refractivity contribution in [1.29, 1.82) is 0 Å². The first-order chi connectivity index (χ1) is 7.25. The summed E-state index contributed by atoms with van der Waals surface area (Å²) in [6, 6.07) is 7.21. The zero-order valence-corrected chi connectivity index (χ0v) is 8.10. The van der Waals surface area contributed by atoms with Gasteiger partial charge in [-0.25, -0.2) is 0 Å². The molecule has 5 nitrogen and oxygen atoms in total. The third kappa shape index (κ3) is 2.19. The first-order valence-electron chi connectivity index (χ1n) is 4.40. The minimum Gasteiger partial charge on any atom is -0.423 e. The van der Waals surface area contributed by atoms with Crippen molar-refractivity contribution in [1.82, 2.24) is 10.2 Å². The molecule has 1 N–H and O–H groups in total. The van der Waals surface area contributed by atoms with Gasteiger partial charge < -0.3 is 9.73 Å². The highest BCUT2D eigenvalue weighted by molar-refractivity contribution is 5.89. The third-order valence-electron chi connectivity index (χ3n) is 1.79. The van der Waals surface area contributed by atoms with E-state index in [-0.39, 0.29) is 5.91 Å². The number of carbonyl (C=O) groups excluding carboxylic acids is 1. The fourth-order valence-electron chi connectivity index (χ4n) is 1.23. The number of hydrogen-bond donors (Lipinski definition) is 1. The second-order valence-corrected chi connectivity index (χ2v) is 3.01. The average molecular weight is 203 g/mol. The SMILES string of the molecule is CC(=O)Nc1cccc(-c2nnco2)c1. The minimum atomic E-state index is -0.113. The normalized spacial score (nSPS) is 9.93. The van der Waals surface area contributed by atoms with Gasteiger partial charge in [0.15, 0.2) is 0 Å². The van der Waals surface area contributed by atoms with Crippen molar-refractivity contribution in [3.8, 4) is 11.5 Å². The summed E-state index contributed by atoms with van der Waals surface area (Å²) in [6.07, 6.45) is 1.26. The lowest BCUT2D eigenvalue weighted by Gasteiger charge is -2.02. The van der Waals surface area contributed by atoms with Crippen molar-refractivity contribution >= 4 is 11.6 Å². The highest BCUT2D eigenvalue weighted by Gasteiger charge is 2.04. The smallest absolute Gasteiger partial charge is 0.247 e. The molecule has 0 bridgehead atoms. The van der Waals surface area contributed by atoms with Gasteiger partial charge in [-0.05, 0) is 18.2 Å². The van der Waals surface area contributed by atoms with Gasteiger partial charge in [-0.15, -0.1) is 10.2 Å². The number of amides is 1. The van der Waals surface area contributed by atoms with Crippen LogP contribution < -0.4 is 5.32 Å². The van der Waals surface area contributed by atoms with E-state index in [2.05, 4.69) is 15.5 Å². The quantitative estimate of drug-likeness (QED) is 0.806. The maximum Gasteiger partial charge on any atom is 0.247 e.